The molecule has 104 valence electrons. The van der Waals surface area contributed by atoms with Gasteiger partial charge in [0, 0.05) is 29.2 Å². The molecule has 0 unspecified atom stereocenters. The molecule has 1 aromatic carbocycles. The minimum absolute atomic E-state index is 0.0784. The number of ether oxygens (including phenoxy) is 1. The van der Waals surface area contributed by atoms with Crippen LogP contribution in [0.2, 0.25) is 0 Å². The molecular formula is C14H14N2O4. The first-order valence-electron chi connectivity index (χ1n) is 6.36. The largest absolute Gasteiger partial charge is 0.479 e. The maximum Gasteiger partial charge on any atom is 0.334 e. The number of nitrogens with one attached hydrogen (secondary N) is 1. The van der Waals surface area contributed by atoms with Crippen molar-refractivity contribution in [2.45, 2.75) is 6.10 Å². The second-order valence-electron chi connectivity index (χ2n) is 4.69. The third-order valence-electron chi connectivity index (χ3n) is 3.45. The van der Waals surface area contributed by atoms with Crippen molar-refractivity contribution in [1.29, 1.82) is 0 Å². The molecule has 2 aromatic rings. The van der Waals surface area contributed by atoms with Gasteiger partial charge in [-0.1, -0.05) is 6.07 Å². The number of carboxylic acid groups (broad SMARTS) is 1. The number of hydrogen-bond acceptors (Lipinski definition) is 3. The van der Waals surface area contributed by atoms with Crippen LogP contribution in [0.4, 0.5) is 0 Å². The summed E-state index contributed by atoms with van der Waals surface area (Å²) in [6.07, 6.45) is 0.832. The number of aromatic amines is 1. The van der Waals surface area contributed by atoms with E-state index in [9.17, 15) is 9.59 Å². The van der Waals surface area contributed by atoms with Gasteiger partial charge in [0.25, 0.3) is 5.91 Å². The standard InChI is InChI=1S/C14H14N2O4/c17-13(16-6-7-20-12(8-16)14(18)19)10-2-1-3-11-9(10)4-5-15-11/h1-5,12,15H,6-8H2,(H,18,19)/t12-/m1/s1. The highest BCUT2D eigenvalue weighted by atomic mass is 16.5. The number of rotatable bonds is 2. The number of nitrogens with zero attached hydrogens (tertiary/aromatic N) is 1. The van der Waals surface area contributed by atoms with Crippen molar-refractivity contribution in [1.82, 2.24) is 9.88 Å². The zero-order chi connectivity index (χ0) is 14.1. The monoisotopic (exact) mass is 274 g/mol. The molecule has 0 aliphatic carbocycles. The first-order valence-corrected chi connectivity index (χ1v) is 6.36. The van der Waals surface area contributed by atoms with Gasteiger partial charge in [0.1, 0.15) is 0 Å². The van der Waals surface area contributed by atoms with Crippen LogP contribution in [0.5, 0.6) is 0 Å². The molecule has 1 aliphatic heterocycles. The number of H-pyrrole nitrogens is 1. The molecule has 1 aliphatic rings. The van der Waals surface area contributed by atoms with Gasteiger partial charge in [-0.15, -0.1) is 0 Å². The molecule has 0 spiro atoms. The van der Waals surface area contributed by atoms with Crippen LogP contribution in [0.25, 0.3) is 10.9 Å². The zero-order valence-electron chi connectivity index (χ0n) is 10.7. The molecule has 1 amide bonds. The summed E-state index contributed by atoms with van der Waals surface area (Å²) in [6.45, 7) is 0.726. The van der Waals surface area contributed by atoms with Gasteiger partial charge in [0.15, 0.2) is 6.10 Å². The van der Waals surface area contributed by atoms with E-state index in [-0.39, 0.29) is 19.1 Å². The normalized spacial score (nSPS) is 19.2. The highest BCUT2D eigenvalue weighted by Gasteiger charge is 2.29. The van der Waals surface area contributed by atoms with Crippen molar-refractivity contribution in [3.8, 4) is 0 Å². The first kappa shape index (κ1) is 12.7. The molecule has 6 heteroatoms. The van der Waals surface area contributed by atoms with E-state index >= 15 is 0 Å². The van der Waals surface area contributed by atoms with Crippen LogP contribution >= 0.6 is 0 Å². The van der Waals surface area contributed by atoms with Gasteiger partial charge in [0.05, 0.1) is 13.2 Å². The number of amides is 1. The predicted octanol–water partition coefficient (Wildman–Crippen LogP) is 1.09. The van der Waals surface area contributed by atoms with Gasteiger partial charge in [-0.25, -0.2) is 4.79 Å². The number of hydrogen-bond donors (Lipinski definition) is 2. The van der Waals surface area contributed by atoms with E-state index in [2.05, 4.69) is 4.98 Å². The smallest absolute Gasteiger partial charge is 0.334 e. The Morgan fingerprint density at radius 1 is 1.35 bits per heavy atom. The highest BCUT2D eigenvalue weighted by molar-refractivity contribution is 6.06. The Kier molecular flexibility index (Phi) is 3.15. The van der Waals surface area contributed by atoms with Crippen LogP contribution in [0.1, 0.15) is 10.4 Å². The average molecular weight is 274 g/mol. The number of aliphatic carboxylic acids is 1. The number of fused-ring (bicyclic) bond motifs is 1. The third kappa shape index (κ3) is 2.14. The van der Waals surface area contributed by atoms with E-state index in [1.54, 1.807) is 18.3 Å². The zero-order valence-corrected chi connectivity index (χ0v) is 10.7. The molecule has 3 rings (SSSR count). The lowest BCUT2D eigenvalue weighted by molar-refractivity contribution is -0.154. The summed E-state index contributed by atoms with van der Waals surface area (Å²) in [5.74, 6) is -1.20. The summed E-state index contributed by atoms with van der Waals surface area (Å²) in [7, 11) is 0. The molecule has 2 N–H and O–H groups in total. The van der Waals surface area contributed by atoms with E-state index < -0.39 is 12.1 Å². The van der Waals surface area contributed by atoms with Crippen molar-refractivity contribution in [3.05, 3.63) is 36.0 Å². The Labute approximate surface area is 114 Å². The Balaban J connectivity index is 1.88. The lowest BCUT2D eigenvalue weighted by Gasteiger charge is -2.31. The van der Waals surface area contributed by atoms with Crippen LogP contribution in [0.15, 0.2) is 30.5 Å². The minimum Gasteiger partial charge on any atom is -0.479 e. The van der Waals surface area contributed by atoms with Crippen LogP contribution in [0.3, 0.4) is 0 Å². The van der Waals surface area contributed by atoms with Crippen LogP contribution in [-0.4, -0.2) is 52.7 Å². The second kappa shape index (κ2) is 4.97. The van der Waals surface area contributed by atoms with E-state index in [4.69, 9.17) is 9.84 Å². The van der Waals surface area contributed by atoms with E-state index in [0.29, 0.717) is 12.1 Å². The average Bonchev–Trinajstić information content (AvgIpc) is 2.95. The van der Waals surface area contributed by atoms with Crippen molar-refractivity contribution in [2.24, 2.45) is 0 Å². The van der Waals surface area contributed by atoms with Crippen molar-refractivity contribution < 1.29 is 19.4 Å². The summed E-state index contributed by atoms with van der Waals surface area (Å²) in [4.78, 5) is 28.1. The van der Waals surface area contributed by atoms with Gasteiger partial charge in [-0.3, -0.25) is 4.79 Å². The van der Waals surface area contributed by atoms with Crippen LogP contribution in [0, 0.1) is 0 Å². The maximum atomic E-state index is 12.5. The topological polar surface area (TPSA) is 82.6 Å². The molecule has 2 heterocycles. The fourth-order valence-corrected chi connectivity index (χ4v) is 2.43. The number of morpholine rings is 1. The SMILES string of the molecule is O=C(O)[C@H]1CN(C(=O)c2cccc3[nH]ccc23)CCO1. The van der Waals surface area contributed by atoms with Gasteiger partial charge >= 0.3 is 5.97 Å². The molecule has 0 radical (unpaired) electrons. The van der Waals surface area contributed by atoms with Crippen molar-refractivity contribution >= 4 is 22.8 Å². The van der Waals surface area contributed by atoms with E-state index in [0.717, 1.165) is 10.9 Å². The molecule has 1 atom stereocenters. The number of carbonyl (C=O) groups is 2. The molecule has 6 nitrogen and oxygen atoms in total. The van der Waals surface area contributed by atoms with Crippen molar-refractivity contribution in [2.75, 3.05) is 19.7 Å². The fraction of sp³-hybridized carbons (Fsp3) is 0.286. The third-order valence-corrected chi connectivity index (χ3v) is 3.45. The van der Waals surface area contributed by atoms with E-state index in [1.165, 1.54) is 4.90 Å². The quantitative estimate of drug-likeness (QED) is 0.859. The highest BCUT2D eigenvalue weighted by Crippen LogP contribution is 2.20. The summed E-state index contributed by atoms with van der Waals surface area (Å²) in [5, 5.41) is 9.82. The molecule has 20 heavy (non-hydrogen) atoms. The van der Waals surface area contributed by atoms with Gasteiger partial charge < -0.3 is 19.7 Å². The first-order chi connectivity index (χ1) is 9.66. The molecule has 0 saturated carbocycles. The number of benzene rings is 1. The van der Waals surface area contributed by atoms with E-state index in [1.807, 2.05) is 12.1 Å². The molecule has 0 bridgehead atoms. The summed E-state index contributed by atoms with van der Waals surface area (Å²) >= 11 is 0. The Hall–Kier alpha value is -2.34. The summed E-state index contributed by atoms with van der Waals surface area (Å²) < 4.78 is 5.13. The molecule has 1 fully saturated rings. The lowest BCUT2D eigenvalue weighted by atomic mass is 10.1. The maximum absolute atomic E-state index is 12.5. The Morgan fingerprint density at radius 2 is 2.20 bits per heavy atom. The predicted molar refractivity (Wildman–Crippen MR) is 71.6 cm³/mol. The number of carbonyl (C=O) groups excluding carboxylic acids is 1. The minimum atomic E-state index is -1.04. The Morgan fingerprint density at radius 3 is 3.00 bits per heavy atom. The summed E-state index contributed by atoms with van der Waals surface area (Å²) in [5.41, 5.74) is 1.47. The van der Waals surface area contributed by atoms with Gasteiger partial charge in [0.2, 0.25) is 0 Å². The van der Waals surface area contributed by atoms with Crippen molar-refractivity contribution in [3.63, 3.8) is 0 Å². The Bertz CT molecular complexity index is 664. The van der Waals surface area contributed by atoms with Crippen LogP contribution in [-0.2, 0) is 9.53 Å². The molecular weight excluding hydrogens is 260 g/mol. The lowest BCUT2D eigenvalue weighted by Crippen LogP contribution is -2.48. The van der Waals surface area contributed by atoms with Gasteiger partial charge in [-0.05, 0) is 18.2 Å². The number of carboxylic acids is 1. The van der Waals surface area contributed by atoms with Gasteiger partial charge in [-0.2, -0.15) is 0 Å². The summed E-state index contributed by atoms with van der Waals surface area (Å²) in [6, 6.07) is 7.30. The number of aromatic nitrogens is 1. The second-order valence-corrected chi connectivity index (χ2v) is 4.69. The molecule has 1 aromatic heterocycles. The van der Waals surface area contributed by atoms with Crippen LogP contribution < -0.4 is 0 Å². The fourth-order valence-electron chi connectivity index (χ4n) is 2.43. The molecule has 1 saturated heterocycles.